The van der Waals surface area contributed by atoms with E-state index in [2.05, 4.69) is 5.32 Å². The molecule has 1 fully saturated rings. The third kappa shape index (κ3) is 3.73. The van der Waals surface area contributed by atoms with Crippen molar-refractivity contribution in [2.75, 3.05) is 18.4 Å². The van der Waals surface area contributed by atoms with Crippen LogP contribution in [-0.2, 0) is 9.59 Å². The van der Waals surface area contributed by atoms with Crippen LogP contribution < -0.4 is 5.32 Å². The Bertz CT molecular complexity index is 496. The maximum absolute atomic E-state index is 12.2. The summed E-state index contributed by atoms with van der Waals surface area (Å²) in [6.07, 6.45) is 1.97. The van der Waals surface area contributed by atoms with Gasteiger partial charge in [-0.1, -0.05) is 24.6 Å². The molecule has 2 rings (SSSR count). The molecule has 1 saturated heterocycles. The van der Waals surface area contributed by atoms with Gasteiger partial charge in [0.05, 0.1) is 0 Å². The summed E-state index contributed by atoms with van der Waals surface area (Å²) >= 11 is 5.89. The summed E-state index contributed by atoms with van der Waals surface area (Å²) < 4.78 is 0. The molecule has 0 aromatic heterocycles. The second-order valence-corrected chi connectivity index (χ2v) is 5.44. The minimum absolute atomic E-state index is 0.0101. The van der Waals surface area contributed by atoms with E-state index < -0.39 is 0 Å². The summed E-state index contributed by atoms with van der Waals surface area (Å²) in [5, 5.41) is 3.49. The molecule has 0 radical (unpaired) electrons. The van der Waals surface area contributed by atoms with Crippen molar-refractivity contribution in [2.24, 2.45) is 5.92 Å². The van der Waals surface area contributed by atoms with Crippen molar-refractivity contribution in [3.63, 3.8) is 0 Å². The third-order valence-electron chi connectivity index (χ3n) is 3.61. The fraction of sp³-hybridized carbons (Fsp3) is 0.467. The fourth-order valence-corrected chi connectivity index (χ4v) is 2.62. The molecule has 1 heterocycles. The number of halogens is 1. The molecule has 5 heteroatoms. The number of carbonyl (C=O) groups is 2. The Kier molecular flexibility index (Phi) is 5.01. The Labute approximate surface area is 124 Å². The van der Waals surface area contributed by atoms with E-state index in [1.807, 2.05) is 17.9 Å². The standard InChI is InChI=1S/C15H19ClN2O2/c1-2-14(19)18-8-6-11(7-9-18)15(20)17-13-5-3-4-12(16)10-13/h3-5,10-11H,2,6-9H2,1H3,(H,17,20). The highest BCUT2D eigenvalue weighted by Gasteiger charge is 2.26. The van der Waals surface area contributed by atoms with Gasteiger partial charge in [0.25, 0.3) is 0 Å². The number of nitrogens with one attached hydrogen (secondary N) is 1. The molecule has 2 amide bonds. The van der Waals surface area contributed by atoms with Crippen molar-refractivity contribution in [3.05, 3.63) is 29.3 Å². The van der Waals surface area contributed by atoms with Gasteiger partial charge in [0.1, 0.15) is 0 Å². The summed E-state index contributed by atoms with van der Waals surface area (Å²) in [7, 11) is 0. The molecular weight excluding hydrogens is 276 g/mol. The first-order valence-corrected chi connectivity index (χ1v) is 7.32. The quantitative estimate of drug-likeness (QED) is 0.932. The van der Waals surface area contributed by atoms with Crippen LogP contribution in [0.25, 0.3) is 0 Å². The van der Waals surface area contributed by atoms with Crippen LogP contribution in [0.15, 0.2) is 24.3 Å². The normalized spacial score (nSPS) is 16.0. The molecule has 0 aliphatic carbocycles. The number of rotatable bonds is 3. The van der Waals surface area contributed by atoms with Gasteiger partial charge in [-0.2, -0.15) is 0 Å². The summed E-state index contributed by atoms with van der Waals surface area (Å²) in [6, 6.07) is 7.13. The van der Waals surface area contributed by atoms with Crippen molar-refractivity contribution in [1.29, 1.82) is 0 Å². The zero-order valence-corrected chi connectivity index (χ0v) is 12.3. The van der Waals surface area contributed by atoms with E-state index in [4.69, 9.17) is 11.6 Å². The molecule has 1 aliphatic heterocycles. The van der Waals surface area contributed by atoms with E-state index in [9.17, 15) is 9.59 Å². The highest BCUT2D eigenvalue weighted by atomic mass is 35.5. The zero-order valence-electron chi connectivity index (χ0n) is 11.6. The average molecular weight is 295 g/mol. The molecule has 0 spiro atoms. The maximum Gasteiger partial charge on any atom is 0.227 e. The van der Waals surface area contributed by atoms with E-state index in [-0.39, 0.29) is 17.7 Å². The molecule has 108 valence electrons. The number of benzene rings is 1. The molecule has 1 N–H and O–H groups in total. The fourth-order valence-electron chi connectivity index (χ4n) is 2.43. The lowest BCUT2D eigenvalue weighted by molar-refractivity contribution is -0.134. The van der Waals surface area contributed by atoms with Crippen LogP contribution in [0.4, 0.5) is 5.69 Å². The van der Waals surface area contributed by atoms with E-state index in [1.165, 1.54) is 0 Å². The Morgan fingerprint density at radius 2 is 2.05 bits per heavy atom. The Morgan fingerprint density at radius 1 is 1.35 bits per heavy atom. The van der Waals surface area contributed by atoms with Gasteiger partial charge in [-0.3, -0.25) is 9.59 Å². The Morgan fingerprint density at radius 3 is 2.65 bits per heavy atom. The predicted octanol–water partition coefficient (Wildman–Crippen LogP) is 2.93. The monoisotopic (exact) mass is 294 g/mol. The van der Waals surface area contributed by atoms with Crippen LogP contribution in [0, 0.1) is 5.92 Å². The van der Waals surface area contributed by atoms with E-state index >= 15 is 0 Å². The van der Waals surface area contributed by atoms with Crippen molar-refractivity contribution >= 4 is 29.1 Å². The number of piperidine rings is 1. The van der Waals surface area contributed by atoms with Gasteiger partial charge in [0.2, 0.25) is 11.8 Å². The summed E-state index contributed by atoms with van der Waals surface area (Å²) in [6.45, 7) is 3.20. The second-order valence-electron chi connectivity index (χ2n) is 5.01. The van der Waals surface area contributed by atoms with Crippen LogP contribution in [0.1, 0.15) is 26.2 Å². The summed E-state index contributed by atoms with van der Waals surface area (Å²) in [5.41, 5.74) is 0.717. The summed E-state index contributed by atoms with van der Waals surface area (Å²) in [4.78, 5) is 25.6. The minimum Gasteiger partial charge on any atom is -0.343 e. The molecule has 0 bridgehead atoms. The molecule has 4 nitrogen and oxygen atoms in total. The van der Waals surface area contributed by atoms with Gasteiger partial charge in [0, 0.05) is 36.1 Å². The average Bonchev–Trinajstić information content (AvgIpc) is 2.46. The highest BCUT2D eigenvalue weighted by Crippen LogP contribution is 2.21. The lowest BCUT2D eigenvalue weighted by Gasteiger charge is -2.31. The van der Waals surface area contributed by atoms with Gasteiger partial charge in [-0.15, -0.1) is 0 Å². The first kappa shape index (κ1) is 14.9. The molecule has 1 aromatic rings. The third-order valence-corrected chi connectivity index (χ3v) is 3.85. The van der Waals surface area contributed by atoms with Crippen LogP contribution in [-0.4, -0.2) is 29.8 Å². The maximum atomic E-state index is 12.2. The number of carbonyl (C=O) groups excluding carboxylic acids is 2. The van der Waals surface area contributed by atoms with Crippen molar-refractivity contribution < 1.29 is 9.59 Å². The number of hydrogen-bond acceptors (Lipinski definition) is 2. The lowest BCUT2D eigenvalue weighted by atomic mass is 9.95. The van der Waals surface area contributed by atoms with Crippen LogP contribution >= 0.6 is 11.6 Å². The van der Waals surface area contributed by atoms with Gasteiger partial charge in [-0.05, 0) is 31.0 Å². The Balaban J connectivity index is 1.87. The van der Waals surface area contributed by atoms with Crippen LogP contribution in [0.2, 0.25) is 5.02 Å². The number of nitrogens with zero attached hydrogens (tertiary/aromatic N) is 1. The largest absolute Gasteiger partial charge is 0.343 e. The van der Waals surface area contributed by atoms with Gasteiger partial charge in [-0.25, -0.2) is 0 Å². The zero-order chi connectivity index (χ0) is 14.5. The molecular formula is C15H19ClN2O2. The summed E-state index contributed by atoms with van der Waals surface area (Å²) in [5.74, 6) is 0.143. The number of likely N-dealkylation sites (tertiary alicyclic amines) is 1. The molecule has 0 atom stereocenters. The van der Waals surface area contributed by atoms with E-state index in [0.29, 0.717) is 24.5 Å². The van der Waals surface area contributed by atoms with Crippen molar-refractivity contribution in [2.45, 2.75) is 26.2 Å². The van der Waals surface area contributed by atoms with Crippen LogP contribution in [0.5, 0.6) is 0 Å². The molecule has 1 aromatic carbocycles. The predicted molar refractivity (Wildman–Crippen MR) is 79.7 cm³/mol. The van der Waals surface area contributed by atoms with Gasteiger partial charge >= 0.3 is 0 Å². The lowest BCUT2D eigenvalue weighted by Crippen LogP contribution is -2.41. The highest BCUT2D eigenvalue weighted by molar-refractivity contribution is 6.30. The van der Waals surface area contributed by atoms with Gasteiger partial charge < -0.3 is 10.2 Å². The number of hydrogen-bond donors (Lipinski definition) is 1. The molecule has 0 saturated carbocycles. The number of amides is 2. The van der Waals surface area contributed by atoms with Crippen molar-refractivity contribution in [1.82, 2.24) is 4.90 Å². The van der Waals surface area contributed by atoms with Gasteiger partial charge in [0.15, 0.2) is 0 Å². The minimum atomic E-state index is -0.0325. The molecule has 20 heavy (non-hydrogen) atoms. The smallest absolute Gasteiger partial charge is 0.227 e. The first-order valence-electron chi connectivity index (χ1n) is 6.94. The van der Waals surface area contributed by atoms with Crippen LogP contribution in [0.3, 0.4) is 0 Å². The topological polar surface area (TPSA) is 49.4 Å². The SMILES string of the molecule is CCC(=O)N1CCC(C(=O)Nc2cccc(Cl)c2)CC1. The first-order chi connectivity index (χ1) is 9.60. The van der Waals surface area contributed by atoms with Crippen molar-refractivity contribution in [3.8, 4) is 0 Å². The Hall–Kier alpha value is -1.55. The second kappa shape index (κ2) is 6.75. The van der Waals surface area contributed by atoms with E-state index in [1.54, 1.807) is 18.2 Å². The number of anilines is 1. The molecule has 1 aliphatic rings. The van der Waals surface area contributed by atoms with E-state index in [0.717, 1.165) is 18.5 Å². The molecule has 0 unspecified atom stereocenters.